The summed E-state index contributed by atoms with van der Waals surface area (Å²) in [5.41, 5.74) is 3.65. The van der Waals surface area contributed by atoms with Gasteiger partial charge in [-0.3, -0.25) is 4.18 Å². The zero-order valence-corrected chi connectivity index (χ0v) is 26.5. The Labute approximate surface area is 240 Å². The van der Waals surface area contributed by atoms with E-state index >= 15 is 0 Å². The monoisotopic (exact) mass is 584 g/mol. The SMILES string of the molecule is CCOS(=O)(=O)CCC1CC(n2ccc3c(NC4CCc5ccccc54)ncnc32)CC1O[Si](C)(C)C(C)(C)C. The lowest BCUT2D eigenvalue weighted by Crippen LogP contribution is -2.45. The van der Waals surface area contributed by atoms with E-state index in [1.807, 2.05) is 0 Å². The molecule has 2 aliphatic carbocycles. The lowest BCUT2D eigenvalue weighted by atomic mass is 10.0. The van der Waals surface area contributed by atoms with Gasteiger partial charge in [0.05, 0.1) is 23.8 Å². The standard InChI is InChI=1S/C30H44N4O4SSi/c1-7-37-39(35,36)17-15-22-18-23(19-27(22)38-40(5,6)30(2,3)4)34-16-14-25-28(31-20-32-29(25)34)33-26-13-12-21-10-8-9-11-24(21)26/h8-11,14,16,20,22-23,26-27H,7,12-13,15,17-19H2,1-6H3,(H,31,32,33). The highest BCUT2D eigenvalue weighted by Crippen LogP contribution is 2.45. The average molecular weight is 585 g/mol. The van der Waals surface area contributed by atoms with Crippen LogP contribution in [0.4, 0.5) is 5.82 Å². The number of hydrogen-bond acceptors (Lipinski definition) is 7. The third kappa shape index (κ3) is 6.00. The van der Waals surface area contributed by atoms with Crippen LogP contribution in [0.5, 0.6) is 0 Å². The number of nitrogens with zero attached hydrogens (tertiary/aromatic N) is 3. The van der Waals surface area contributed by atoms with Gasteiger partial charge in [-0.2, -0.15) is 8.42 Å². The summed E-state index contributed by atoms with van der Waals surface area (Å²) in [4.78, 5) is 9.33. The van der Waals surface area contributed by atoms with Crippen molar-refractivity contribution in [1.29, 1.82) is 0 Å². The number of anilines is 1. The molecule has 0 amide bonds. The molecule has 0 bridgehead atoms. The van der Waals surface area contributed by atoms with Crippen molar-refractivity contribution in [2.45, 2.75) is 96.1 Å². The van der Waals surface area contributed by atoms with Gasteiger partial charge in [0.1, 0.15) is 17.8 Å². The molecule has 1 N–H and O–H groups in total. The normalized spacial score (nSPS) is 23.6. The summed E-state index contributed by atoms with van der Waals surface area (Å²) < 4.78 is 39.0. The number of aromatic nitrogens is 3. The third-order valence-corrected chi connectivity index (χ3v) is 15.1. The molecule has 2 aliphatic rings. The van der Waals surface area contributed by atoms with Crippen LogP contribution in [-0.2, 0) is 25.1 Å². The van der Waals surface area contributed by atoms with E-state index in [1.165, 1.54) is 11.1 Å². The second-order valence-corrected chi connectivity index (χ2v) is 19.4. The first-order valence-electron chi connectivity index (χ1n) is 14.6. The summed E-state index contributed by atoms with van der Waals surface area (Å²) in [5.74, 6) is 0.999. The predicted molar refractivity (Wildman–Crippen MR) is 163 cm³/mol. The minimum Gasteiger partial charge on any atom is -0.414 e. The topological polar surface area (TPSA) is 95.3 Å². The van der Waals surface area contributed by atoms with Gasteiger partial charge in [-0.25, -0.2) is 9.97 Å². The molecule has 0 spiro atoms. The van der Waals surface area contributed by atoms with Gasteiger partial charge in [-0.15, -0.1) is 0 Å². The second-order valence-electron chi connectivity index (χ2n) is 12.9. The molecule has 2 aromatic heterocycles. The molecule has 1 aromatic carbocycles. The zero-order valence-electron chi connectivity index (χ0n) is 24.7. The van der Waals surface area contributed by atoms with Gasteiger partial charge in [0.25, 0.3) is 10.1 Å². The summed E-state index contributed by atoms with van der Waals surface area (Å²) in [5, 5.41) is 4.77. The van der Waals surface area contributed by atoms with Crippen LogP contribution in [-0.4, -0.2) is 49.7 Å². The van der Waals surface area contributed by atoms with Crippen LogP contribution < -0.4 is 5.32 Å². The highest BCUT2D eigenvalue weighted by molar-refractivity contribution is 7.86. The van der Waals surface area contributed by atoms with Crippen molar-refractivity contribution in [3.63, 3.8) is 0 Å². The zero-order chi connectivity index (χ0) is 28.7. The van der Waals surface area contributed by atoms with Crippen molar-refractivity contribution in [3.05, 3.63) is 54.0 Å². The highest BCUT2D eigenvalue weighted by Gasteiger charge is 2.44. The van der Waals surface area contributed by atoms with Crippen LogP contribution >= 0.6 is 0 Å². The molecule has 0 radical (unpaired) electrons. The Morgan fingerprint density at radius 3 is 2.65 bits per heavy atom. The van der Waals surface area contributed by atoms with E-state index in [0.29, 0.717) is 6.42 Å². The van der Waals surface area contributed by atoms with E-state index < -0.39 is 18.4 Å². The maximum Gasteiger partial charge on any atom is 0.267 e. The summed E-state index contributed by atoms with van der Waals surface area (Å²) in [6, 6.07) is 11.1. The van der Waals surface area contributed by atoms with E-state index in [2.05, 4.69) is 85.3 Å². The van der Waals surface area contributed by atoms with E-state index in [9.17, 15) is 8.42 Å². The smallest absolute Gasteiger partial charge is 0.267 e. The molecule has 0 saturated heterocycles. The van der Waals surface area contributed by atoms with Crippen LogP contribution in [0, 0.1) is 5.92 Å². The first kappa shape index (κ1) is 29.2. The summed E-state index contributed by atoms with van der Waals surface area (Å²) >= 11 is 0. The van der Waals surface area contributed by atoms with Gasteiger partial charge in [-0.05, 0) is 80.3 Å². The van der Waals surface area contributed by atoms with Crippen LogP contribution in [0.25, 0.3) is 11.0 Å². The first-order chi connectivity index (χ1) is 18.9. The molecule has 5 rings (SSSR count). The van der Waals surface area contributed by atoms with E-state index in [1.54, 1.807) is 13.3 Å². The molecule has 2 heterocycles. The van der Waals surface area contributed by atoms with Crippen molar-refractivity contribution in [1.82, 2.24) is 14.5 Å². The molecule has 8 nitrogen and oxygen atoms in total. The third-order valence-electron chi connectivity index (χ3n) is 9.24. The van der Waals surface area contributed by atoms with Crippen LogP contribution in [0.2, 0.25) is 18.1 Å². The Bertz CT molecular complexity index is 1450. The van der Waals surface area contributed by atoms with Crippen molar-refractivity contribution in [2.75, 3.05) is 17.7 Å². The minimum absolute atomic E-state index is 0.00501. The molecule has 1 fully saturated rings. The second kappa shape index (κ2) is 11.2. The summed E-state index contributed by atoms with van der Waals surface area (Å²) in [6.45, 7) is 13.1. The molecule has 1 saturated carbocycles. The molecule has 4 atom stereocenters. The number of fused-ring (bicyclic) bond motifs is 2. The van der Waals surface area contributed by atoms with Crippen LogP contribution in [0.15, 0.2) is 42.9 Å². The fourth-order valence-electron chi connectivity index (χ4n) is 6.08. The van der Waals surface area contributed by atoms with Crippen molar-refractivity contribution >= 4 is 35.3 Å². The largest absolute Gasteiger partial charge is 0.414 e. The van der Waals surface area contributed by atoms with Gasteiger partial charge in [0, 0.05) is 18.3 Å². The molecule has 40 heavy (non-hydrogen) atoms. The van der Waals surface area contributed by atoms with Gasteiger partial charge >= 0.3 is 0 Å². The Balaban J connectivity index is 1.39. The number of nitrogens with one attached hydrogen (secondary N) is 1. The predicted octanol–water partition coefficient (Wildman–Crippen LogP) is 6.63. The lowest BCUT2D eigenvalue weighted by Gasteiger charge is -2.40. The summed E-state index contributed by atoms with van der Waals surface area (Å²) in [7, 11) is -5.59. The van der Waals surface area contributed by atoms with Crippen LogP contribution in [0.3, 0.4) is 0 Å². The average Bonchev–Trinajstić information content (AvgIpc) is 3.59. The molecule has 4 unspecified atom stereocenters. The fourth-order valence-corrected chi connectivity index (χ4v) is 8.54. The lowest BCUT2D eigenvalue weighted by molar-refractivity contribution is 0.137. The fraction of sp³-hybridized carbons (Fsp3) is 0.600. The van der Waals surface area contributed by atoms with E-state index in [4.69, 9.17) is 13.6 Å². The Kier molecular flexibility index (Phi) is 8.18. The molecule has 0 aliphatic heterocycles. The molecular weight excluding hydrogens is 541 g/mol. The van der Waals surface area contributed by atoms with E-state index in [-0.39, 0.29) is 41.5 Å². The Morgan fingerprint density at radius 2 is 1.90 bits per heavy atom. The minimum atomic E-state index is -3.54. The molecular formula is C30H44N4O4SSi. The Morgan fingerprint density at radius 1 is 1.12 bits per heavy atom. The maximum absolute atomic E-state index is 12.4. The van der Waals surface area contributed by atoms with Gasteiger partial charge < -0.3 is 14.3 Å². The number of rotatable bonds is 10. The Hall–Kier alpha value is -2.27. The quantitative estimate of drug-likeness (QED) is 0.211. The van der Waals surface area contributed by atoms with Crippen molar-refractivity contribution in [3.8, 4) is 0 Å². The first-order valence-corrected chi connectivity index (χ1v) is 19.1. The van der Waals surface area contributed by atoms with Crippen molar-refractivity contribution < 1.29 is 17.0 Å². The summed E-state index contributed by atoms with van der Waals surface area (Å²) in [6.07, 6.45) is 8.07. The number of benzene rings is 1. The van der Waals surface area contributed by atoms with Gasteiger partial charge in [-0.1, -0.05) is 45.0 Å². The van der Waals surface area contributed by atoms with E-state index in [0.717, 1.165) is 42.5 Å². The van der Waals surface area contributed by atoms with Crippen molar-refractivity contribution in [2.24, 2.45) is 5.92 Å². The highest BCUT2D eigenvalue weighted by atomic mass is 32.2. The van der Waals surface area contributed by atoms with Crippen LogP contribution in [0.1, 0.15) is 76.6 Å². The molecule has 218 valence electrons. The van der Waals surface area contributed by atoms with Gasteiger partial charge in [0.2, 0.25) is 0 Å². The number of aryl methyl sites for hydroxylation is 1. The van der Waals surface area contributed by atoms with Gasteiger partial charge in [0.15, 0.2) is 8.32 Å². The maximum atomic E-state index is 12.4. The molecule has 10 heteroatoms. The molecule has 3 aromatic rings. The number of hydrogen-bond donors (Lipinski definition) is 1.